The number of halogens is 2. The van der Waals surface area contributed by atoms with Crippen LogP contribution in [0.15, 0.2) is 60.2 Å². The molecule has 0 saturated heterocycles. The molecule has 1 aliphatic heterocycles. The van der Waals surface area contributed by atoms with E-state index in [1.165, 1.54) is 7.11 Å². The SMILES string of the molecule is CO[C@H]1C=CC(C(=O)NC2CC2)=C(c2c(Cl)ccc3c2C[C@@](CN)(c2ccccc2)O3)C1F. The first-order valence-electron chi connectivity index (χ1n) is 11.1. The van der Waals surface area contributed by atoms with Crippen LogP contribution in [0.2, 0.25) is 5.02 Å². The number of amides is 1. The highest BCUT2D eigenvalue weighted by atomic mass is 35.5. The molecular weight excluding hydrogens is 443 g/mol. The zero-order chi connectivity index (χ0) is 23.2. The van der Waals surface area contributed by atoms with Crippen molar-refractivity contribution in [3.8, 4) is 5.75 Å². The molecule has 0 radical (unpaired) electrons. The molecule has 1 fully saturated rings. The Hall–Kier alpha value is -2.67. The maximum absolute atomic E-state index is 15.9. The molecule has 0 bridgehead atoms. The average Bonchev–Trinajstić information content (AvgIpc) is 3.56. The standard InChI is InChI=1S/C26H26ClFN2O3/c1-32-21-11-9-17(25(31)30-16-7-8-16)23(24(21)28)22-18-13-26(14-29,15-5-3-2-4-6-15)33-20(18)12-10-19(22)27/h2-6,9-12,16,21,24H,7-8,13-14,29H2,1H3,(H,30,31)/t21-,24?,26+/m0/s1. The zero-order valence-electron chi connectivity index (χ0n) is 18.3. The Morgan fingerprint density at radius 1 is 1.27 bits per heavy atom. The van der Waals surface area contributed by atoms with Gasteiger partial charge in [0.15, 0.2) is 11.8 Å². The third-order valence-corrected chi connectivity index (χ3v) is 6.94. The predicted octanol–water partition coefficient (Wildman–Crippen LogP) is 4.08. The quantitative estimate of drug-likeness (QED) is 0.670. The van der Waals surface area contributed by atoms with Gasteiger partial charge >= 0.3 is 0 Å². The number of benzene rings is 2. The minimum absolute atomic E-state index is 0.140. The number of hydrogen-bond donors (Lipinski definition) is 2. The fourth-order valence-electron chi connectivity index (χ4n) is 4.68. The van der Waals surface area contributed by atoms with Gasteiger partial charge in [-0.25, -0.2) is 4.39 Å². The van der Waals surface area contributed by atoms with Crippen LogP contribution in [0.25, 0.3) is 5.57 Å². The molecule has 5 nitrogen and oxygen atoms in total. The molecular formula is C26H26ClFN2O3. The van der Waals surface area contributed by atoms with Gasteiger partial charge in [-0.15, -0.1) is 0 Å². The number of fused-ring (bicyclic) bond motifs is 1. The largest absolute Gasteiger partial charge is 0.481 e. The lowest BCUT2D eigenvalue weighted by molar-refractivity contribution is -0.117. The molecule has 1 unspecified atom stereocenters. The Labute approximate surface area is 197 Å². The van der Waals surface area contributed by atoms with Gasteiger partial charge in [0.25, 0.3) is 5.91 Å². The van der Waals surface area contributed by atoms with Crippen LogP contribution in [0.1, 0.15) is 29.5 Å². The Morgan fingerprint density at radius 2 is 2.03 bits per heavy atom. The van der Waals surface area contributed by atoms with E-state index >= 15 is 4.39 Å². The number of nitrogens with one attached hydrogen (secondary N) is 1. The van der Waals surface area contributed by atoms with Crippen molar-refractivity contribution in [3.63, 3.8) is 0 Å². The summed E-state index contributed by atoms with van der Waals surface area (Å²) >= 11 is 6.68. The van der Waals surface area contributed by atoms with Gasteiger partial charge in [0.2, 0.25) is 0 Å². The summed E-state index contributed by atoms with van der Waals surface area (Å²) in [5.41, 5.74) is 8.08. The summed E-state index contributed by atoms with van der Waals surface area (Å²) in [7, 11) is 1.45. The monoisotopic (exact) mass is 468 g/mol. The normalized spacial score (nSPS) is 26.2. The number of hydrogen-bond acceptors (Lipinski definition) is 4. The number of methoxy groups -OCH3 is 1. The van der Waals surface area contributed by atoms with E-state index in [0.29, 0.717) is 22.8 Å². The third-order valence-electron chi connectivity index (χ3n) is 6.62. The summed E-state index contributed by atoms with van der Waals surface area (Å²) < 4.78 is 27.6. The van der Waals surface area contributed by atoms with Crippen LogP contribution in [0.5, 0.6) is 5.75 Å². The van der Waals surface area contributed by atoms with E-state index in [4.69, 9.17) is 26.8 Å². The lowest BCUT2D eigenvalue weighted by Gasteiger charge is -2.28. The molecule has 2 aromatic rings. The van der Waals surface area contributed by atoms with Gasteiger partial charge < -0.3 is 20.5 Å². The molecule has 172 valence electrons. The number of rotatable bonds is 6. The van der Waals surface area contributed by atoms with Crippen molar-refractivity contribution >= 4 is 23.1 Å². The van der Waals surface area contributed by atoms with E-state index in [9.17, 15) is 4.79 Å². The van der Waals surface area contributed by atoms with E-state index in [1.54, 1.807) is 24.3 Å². The molecule has 2 aromatic carbocycles. The lowest BCUT2D eigenvalue weighted by atomic mass is 9.82. The minimum Gasteiger partial charge on any atom is -0.481 e. The number of carbonyl (C=O) groups is 1. The summed E-state index contributed by atoms with van der Waals surface area (Å²) in [6.07, 6.45) is 3.11. The van der Waals surface area contributed by atoms with Gasteiger partial charge in [0, 0.05) is 53.4 Å². The van der Waals surface area contributed by atoms with Crippen LogP contribution in [-0.2, 0) is 21.6 Å². The molecule has 5 rings (SSSR count). The molecule has 33 heavy (non-hydrogen) atoms. The summed E-state index contributed by atoms with van der Waals surface area (Å²) in [5.74, 6) is 0.288. The molecule has 1 amide bonds. The second-order valence-corrected chi connectivity index (χ2v) is 9.19. The molecule has 1 heterocycles. The van der Waals surface area contributed by atoms with Gasteiger partial charge in [-0.2, -0.15) is 0 Å². The van der Waals surface area contributed by atoms with E-state index in [0.717, 1.165) is 24.0 Å². The summed E-state index contributed by atoms with van der Waals surface area (Å²) in [6, 6.07) is 13.3. The first kappa shape index (κ1) is 22.1. The van der Waals surface area contributed by atoms with Crippen LogP contribution in [0, 0.1) is 0 Å². The Balaban J connectivity index is 1.65. The fourth-order valence-corrected chi connectivity index (χ4v) is 4.96. The van der Waals surface area contributed by atoms with Gasteiger partial charge in [0.05, 0.1) is 0 Å². The van der Waals surface area contributed by atoms with Crippen LogP contribution in [0.4, 0.5) is 4.39 Å². The average molecular weight is 469 g/mol. The first-order chi connectivity index (χ1) is 16.0. The van der Waals surface area contributed by atoms with E-state index in [2.05, 4.69) is 5.32 Å². The van der Waals surface area contributed by atoms with Crippen molar-refractivity contribution < 1.29 is 18.7 Å². The maximum Gasteiger partial charge on any atom is 0.251 e. The van der Waals surface area contributed by atoms with Gasteiger partial charge in [-0.1, -0.05) is 54.1 Å². The molecule has 3 aliphatic rings. The molecule has 2 aliphatic carbocycles. The lowest BCUT2D eigenvalue weighted by Crippen LogP contribution is -2.39. The van der Waals surface area contributed by atoms with Crippen LogP contribution < -0.4 is 15.8 Å². The van der Waals surface area contributed by atoms with Crippen LogP contribution in [-0.4, -0.2) is 37.9 Å². The molecule has 3 atom stereocenters. The van der Waals surface area contributed by atoms with Crippen LogP contribution >= 0.6 is 11.6 Å². The first-order valence-corrected chi connectivity index (χ1v) is 11.5. The summed E-state index contributed by atoms with van der Waals surface area (Å²) in [6.45, 7) is 0.233. The molecule has 7 heteroatoms. The zero-order valence-corrected chi connectivity index (χ0v) is 19.1. The van der Waals surface area contributed by atoms with Crippen molar-refractivity contribution in [2.45, 2.75) is 43.2 Å². The Kier molecular flexibility index (Phi) is 5.77. The second kappa shape index (κ2) is 8.60. The van der Waals surface area contributed by atoms with Crippen molar-refractivity contribution in [3.05, 3.63) is 81.9 Å². The summed E-state index contributed by atoms with van der Waals surface area (Å²) in [4.78, 5) is 13.1. The van der Waals surface area contributed by atoms with Gasteiger partial charge in [-0.3, -0.25) is 4.79 Å². The molecule has 3 N–H and O–H groups in total. The smallest absolute Gasteiger partial charge is 0.251 e. The second-order valence-electron chi connectivity index (χ2n) is 8.78. The fraction of sp³-hybridized carbons (Fsp3) is 0.346. The highest BCUT2D eigenvalue weighted by Gasteiger charge is 2.44. The number of alkyl halides is 1. The molecule has 1 saturated carbocycles. The number of carbonyl (C=O) groups excluding carboxylic acids is 1. The number of nitrogens with two attached hydrogens (primary N) is 1. The Bertz CT molecular complexity index is 1150. The van der Waals surface area contributed by atoms with E-state index in [-0.39, 0.29) is 29.6 Å². The topological polar surface area (TPSA) is 73.6 Å². The number of ether oxygens (including phenoxy) is 2. The Morgan fingerprint density at radius 3 is 2.70 bits per heavy atom. The van der Waals surface area contributed by atoms with Gasteiger partial charge in [0.1, 0.15) is 11.9 Å². The minimum atomic E-state index is -1.56. The molecule has 0 aromatic heterocycles. The van der Waals surface area contributed by atoms with Crippen molar-refractivity contribution in [1.82, 2.24) is 5.32 Å². The summed E-state index contributed by atoms with van der Waals surface area (Å²) in [5, 5.41) is 3.33. The highest BCUT2D eigenvalue weighted by molar-refractivity contribution is 6.33. The van der Waals surface area contributed by atoms with Crippen molar-refractivity contribution in [1.29, 1.82) is 0 Å². The molecule has 0 spiro atoms. The van der Waals surface area contributed by atoms with Crippen LogP contribution in [0.3, 0.4) is 0 Å². The van der Waals surface area contributed by atoms with Crippen molar-refractivity contribution in [2.75, 3.05) is 13.7 Å². The van der Waals surface area contributed by atoms with E-state index in [1.807, 2.05) is 30.3 Å². The highest BCUT2D eigenvalue weighted by Crippen LogP contribution is 2.48. The third kappa shape index (κ3) is 3.86. The van der Waals surface area contributed by atoms with E-state index < -0.39 is 17.9 Å². The maximum atomic E-state index is 15.9. The van der Waals surface area contributed by atoms with Crippen molar-refractivity contribution in [2.24, 2.45) is 5.73 Å². The van der Waals surface area contributed by atoms with Gasteiger partial charge in [-0.05, 0) is 30.5 Å². The predicted molar refractivity (Wildman–Crippen MR) is 126 cm³/mol.